The van der Waals surface area contributed by atoms with E-state index in [1.165, 1.54) is 0 Å². The van der Waals surface area contributed by atoms with E-state index in [2.05, 4.69) is 25.7 Å². The van der Waals surface area contributed by atoms with Crippen molar-refractivity contribution >= 4 is 23.4 Å². The van der Waals surface area contributed by atoms with Crippen LogP contribution in [0.1, 0.15) is 63.6 Å². The Hall–Kier alpha value is -2.83. The molecule has 2 heterocycles. The first kappa shape index (κ1) is 21.9. The average Bonchev–Trinajstić information content (AvgIpc) is 2.97. The Morgan fingerprint density at radius 3 is 2.60 bits per heavy atom. The minimum Gasteiger partial charge on any atom is -0.483 e. The van der Waals surface area contributed by atoms with Crippen LogP contribution in [0.2, 0.25) is 0 Å². The zero-order chi connectivity index (χ0) is 21.8. The van der Waals surface area contributed by atoms with Crippen LogP contribution < -0.4 is 10.1 Å². The molecular weight excluding hydrogens is 382 g/mol. The van der Waals surface area contributed by atoms with E-state index in [0.29, 0.717) is 18.6 Å². The number of amides is 3. The van der Waals surface area contributed by atoms with Crippen LogP contribution in [0.4, 0.5) is 0 Å². The quantitative estimate of drug-likeness (QED) is 0.663. The van der Waals surface area contributed by atoms with E-state index >= 15 is 0 Å². The Labute approximate surface area is 178 Å². The van der Waals surface area contributed by atoms with Crippen molar-refractivity contribution in [1.82, 2.24) is 15.1 Å². The van der Waals surface area contributed by atoms with Crippen LogP contribution in [-0.2, 0) is 14.4 Å². The summed E-state index contributed by atoms with van der Waals surface area (Å²) in [5.74, 6) is 0.0806. The first-order valence-corrected chi connectivity index (χ1v) is 10.7. The summed E-state index contributed by atoms with van der Waals surface area (Å²) in [6, 6.07) is 5.09. The van der Waals surface area contributed by atoms with Gasteiger partial charge in [0.25, 0.3) is 5.91 Å². The van der Waals surface area contributed by atoms with E-state index in [4.69, 9.17) is 4.74 Å². The summed E-state index contributed by atoms with van der Waals surface area (Å²) in [4.78, 5) is 40.4. The Morgan fingerprint density at radius 1 is 1.27 bits per heavy atom. The topological polar surface area (TPSA) is 79.0 Å². The molecular formula is C23H31N3O4. The summed E-state index contributed by atoms with van der Waals surface area (Å²) < 4.78 is 5.97. The number of imide groups is 1. The summed E-state index contributed by atoms with van der Waals surface area (Å²) in [6.07, 6.45) is 2.58. The molecule has 1 N–H and O–H groups in total. The van der Waals surface area contributed by atoms with Gasteiger partial charge in [-0.1, -0.05) is 32.6 Å². The normalized spacial score (nSPS) is 20.8. The lowest BCUT2D eigenvalue weighted by molar-refractivity contribution is -0.137. The van der Waals surface area contributed by atoms with Crippen LogP contribution in [0.3, 0.4) is 0 Å². The van der Waals surface area contributed by atoms with Crippen LogP contribution in [0.15, 0.2) is 24.8 Å². The molecule has 1 fully saturated rings. The fourth-order valence-electron chi connectivity index (χ4n) is 4.40. The average molecular weight is 414 g/mol. The number of fused-ring (bicyclic) bond motifs is 1. The van der Waals surface area contributed by atoms with Crippen molar-refractivity contribution in [3.8, 4) is 5.75 Å². The second kappa shape index (κ2) is 9.32. The van der Waals surface area contributed by atoms with Crippen molar-refractivity contribution in [3.63, 3.8) is 0 Å². The lowest BCUT2D eigenvalue weighted by Gasteiger charge is -2.35. The maximum absolute atomic E-state index is 12.6. The van der Waals surface area contributed by atoms with Gasteiger partial charge in [-0.05, 0) is 32.3 Å². The van der Waals surface area contributed by atoms with E-state index in [-0.39, 0.29) is 30.4 Å². The third kappa shape index (κ3) is 4.20. The Kier molecular flexibility index (Phi) is 6.80. The molecule has 3 amide bonds. The molecule has 0 bridgehead atoms. The molecule has 2 atom stereocenters. The first-order valence-electron chi connectivity index (χ1n) is 10.7. The molecule has 0 spiro atoms. The van der Waals surface area contributed by atoms with Gasteiger partial charge in [-0.15, -0.1) is 0 Å². The number of benzene rings is 1. The van der Waals surface area contributed by atoms with E-state index in [1.807, 2.05) is 34.9 Å². The smallest absolute Gasteiger partial charge is 0.260 e. The van der Waals surface area contributed by atoms with E-state index in [1.54, 1.807) is 0 Å². The zero-order valence-corrected chi connectivity index (χ0v) is 18.1. The number of carbonyl (C=O) groups excluding carboxylic acids is 3. The van der Waals surface area contributed by atoms with Crippen molar-refractivity contribution in [2.24, 2.45) is 0 Å². The molecule has 0 saturated carbocycles. The standard InChI is InChI=1S/C23H31N3O4/c1-5-12-25(13-6-2)21(28)14-30-19-9-7-8-17-15(3)26(16(4)22(17)19)18-10-11-20(27)24-23(18)29/h7-9,16,18H,3,5-6,10-14H2,1-2,4H3,(H,24,27,29). The van der Waals surface area contributed by atoms with Crippen LogP contribution in [0, 0.1) is 0 Å². The molecule has 2 unspecified atom stereocenters. The van der Waals surface area contributed by atoms with Crippen LogP contribution in [0.5, 0.6) is 5.75 Å². The molecule has 0 aromatic heterocycles. The maximum Gasteiger partial charge on any atom is 0.260 e. The van der Waals surface area contributed by atoms with E-state index in [9.17, 15) is 14.4 Å². The number of nitrogens with zero attached hydrogens (tertiary/aromatic N) is 2. The molecule has 7 heteroatoms. The SMILES string of the molecule is C=C1c2cccc(OCC(=O)N(CCC)CCC)c2C(C)N1C1CCC(=O)NC1=O. The zero-order valence-electron chi connectivity index (χ0n) is 18.1. The van der Waals surface area contributed by atoms with Gasteiger partial charge in [0.05, 0.1) is 6.04 Å². The van der Waals surface area contributed by atoms with Gasteiger partial charge < -0.3 is 14.5 Å². The lowest BCUT2D eigenvalue weighted by Crippen LogP contribution is -2.51. The van der Waals surface area contributed by atoms with Crippen molar-refractivity contribution < 1.29 is 19.1 Å². The summed E-state index contributed by atoms with van der Waals surface area (Å²) in [7, 11) is 0. The molecule has 1 saturated heterocycles. The van der Waals surface area contributed by atoms with Crippen LogP contribution in [-0.4, -0.2) is 53.3 Å². The largest absolute Gasteiger partial charge is 0.483 e. The highest BCUT2D eigenvalue weighted by atomic mass is 16.5. The lowest BCUT2D eigenvalue weighted by atomic mass is 10.0. The van der Waals surface area contributed by atoms with Gasteiger partial charge >= 0.3 is 0 Å². The monoisotopic (exact) mass is 413 g/mol. The van der Waals surface area contributed by atoms with Gasteiger partial charge in [-0.25, -0.2) is 0 Å². The molecule has 1 aromatic rings. The number of hydrogen-bond acceptors (Lipinski definition) is 5. The fraction of sp³-hybridized carbons (Fsp3) is 0.522. The third-order valence-electron chi connectivity index (χ3n) is 5.76. The molecule has 162 valence electrons. The first-order chi connectivity index (χ1) is 14.4. The highest BCUT2D eigenvalue weighted by molar-refractivity contribution is 6.01. The summed E-state index contributed by atoms with van der Waals surface area (Å²) >= 11 is 0. The second-order valence-electron chi connectivity index (χ2n) is 7.88. The van der Waals surface area contributed by atoms with Gasteiger partial charge in [0, 0.05) is 36.3 Å². The van der Waals surface area contributed by atoms with Crippen molar-refractivity contribution in [3.05, 3.63) is 35.9 Å². The highest BCUT2D eigenvalue weighted by Crippen LogP contribution is 2.46. The molecule has 30 heavy (non-hydrogen) atoms. The molecule has 0 aliphatic carbocycles. The summed E-state index contributed by atoms with van der Waals surface area (Å²) in [5, 5.41) is 2.42. The van der Waals surface area contributed by atoms with Gasteiger partial charge in [0.15, 0.2) is 6.61 Å². The predicted molar refractivity (Wildman–Crippen MR) is 115 cm³/mol. The number of rotatable bonds is 8. The molecule has 2 aliphatic heterocycles. The number of ether oxygens (including phenoxy) is 1. The van der Waals surface area contributed by atoms with E-state index < -0.39 is 6.04 Å². The van der Waals surface area contributed by atoms with Crippen LogP contribution >= 0.6 is 0 Å². The maximum atomic E-state index is 12.6. The number of nitrogens with one attached hydrogen (secondary N) is 1. The third-order valence-corrected chi connectivity index (χ3v) is 5.76. The highest BCUT2D eigenvalue weighted by Gasteiger charge is 2.41. The van der Waals surface area contributed by atoms with Gasteiger partial charge in [0.1, 0.15) is 11.8 Å². The number of carbonyl (C=O) groups is 3. The molecule has 7 nitrogen and oxygen atoms in total. The summed E-state index contributed by atoms with van der Waals surface area (Å²) in [6.45, 7) is 11.7. The molecule has 1 aromatic carbocycles. The Morgan fingerprint density at radius 2 is 1.97 bits per heavy atom. The Balaban J connectivity index is 1.78. The van der Waals surface area contributed by atoms with Crippen LogP contribution in [0.25, 0.3) is 5.70 Å². The number of piperidine rings is 1. The van der Waals surface area contributed by atoms with Crippen molar-refractivity contribution in [2.45, 2.75) is 58.5 Å². The minimum atomic E-state index is -0.448. The fourth-order valence-corrected chi connectivity index (χ4v) is 4.40. The molecule has 2 aliphatic rings. The van der Waals surface area contributed by atoms with Gasteiger partial charge in [-0.2, -0.15) is 0 Å². The van der Waals surface area contributed by atoms with Gasteiger partial charge in [-0.3, -0.25) is 19.7 Å². The summed E-state index contributed by atoms with van der Waals surface area (Å²) in [5.41, 5.74) is 2.58. The minimum absolute atomic E-state index is 0.0198. The molecule has 0 radical (unpaired) electrons. The Bertz CT molecular complexity index is 845. The van der Waals surface area contributed by atoms with Crippen molar-refractivity contribution in [2.75, 3.05) is 19.7 Å². The molecule has 3 rings (SSSR count). The number of hydrogen-bond donors (Lipinski definition) is 1. The van der Waals surface area contributed by atoms with Crippen molar-refractivity contribution in [1.29, 1.82) is 0 Å². The van der Waals surface area contributed by atoms with Gasteiger partial charge in [0.2, 0.25) is 11.8 Å². The second-order valence-corrected chi connectivity index (χ2v) is 7.88. The van der Waals surface area contributed by atoms with E-state index in [0.717, 1.165) is 42.8 Å². The predicted octanol–water partition coefficient (Wildman–Crippen LogP) is 2.87.